The summed E-state index contributed by atoms with van der Waals surface area (Å²) in [6.07, 6.45) is -6.86. The molecular formula is C9H17BrN2O18P4. The topological polar surface area (TPSA) is 305 Å². The number of alkyl halides is 1. The van der Waals surface area contributed by atoms with Gasteiger partial charge in [-0.2, -0.15) is 12.9 Å². The number of phosphoric acid groups is 4. The Morgan fingerprint density at radius 2 is 1.47 bits per heavy atom. The monoisotopic (exact) mass is 644 g/mol. The lowest BCUT2D eigenvalue weighted by Crippen LogP contribution is -2.60. The number of imide groups is 1. The quantitative estimate of drug-likeness (QED) is 0.0961. The molecule has 2 rings (SSSR count). The summed E-state index contributed by atoms with van der Waals surface area (Å²) in [4.78, 5) is 68.0. The maximum absolute atomic E-state index is 12.0. The second-order valence-electron chi connectivity index (χ2n) is 6.40. The minimum atomic E-state index is -6.04. The van der Waals surface area contributed by atoms with Gasteiger partial charge in [-0.15, -0.1) is 0 Å². The van der Waals surface area contributed by atoms with Gasteiger partial charge in [-0.1, -0.05) is 15.9 Å². The standard InChI is InChI=1S/C9H17BrN2O18P4/c10-3-1-12(9(16)11-7(3)15)8-6(14)5(13)4(27-8)2-26-32(20,21)29-34(24,25)30-33(22,23)28-31(17,18)19/h3-6,8,13-14H,1-2H2,(H,20,21)(H,22,23)(H,24,25)(H,11,15,16)(H2,17,18,19)/t3?,4-,5-,6-,8-/m1/s1. The number of carbonyl (C=O) groups is 2. The van der Waals surface area contributed by atoms with Crippen molar-refractivity contribution in [1.29, 1.82) is 0 Å². The lowest BCUT2D eigenvalue weighted by atomic mass is 10.1. The normalized spacial score (nSPS) is 33.6. The van der Waals surface area contributed by atoms with Crippen molar-refractivity contribution in [3.05, 3.63) is 0 Å². The number of phosphoric ester groups is 1. The molecule has 20 nitrogen and oxygen atoms in total. The fraction of sp³-hybridized carbons (Fsp3) is 0.778. The fourth-order valence-electron chi connectivity index (χ4n) is 2.55. The molecule has 198 valence electrons. The smallest absolute Gasteiger partial charge is 0.387 e. The van der Waals surface area contributed by atoms with E-state index in [0.29, 0.717) is 0 Å². The van der Waals surface area contributed by atoms with Crippen LogP contribution in [0.25, 0.3) is 0 Å². The fourth-order valence-corrected chi connectivity index (χ4v) is 7.44. The van der Waals surface area contributed by atoms with E-state index >= 15 is 0 Å². The minimum Gasteiger partial charge on any atom is -0.387 e. The van der Waals surface area contributed by atoms with Crippen molar-refractivity contribution in [2.45, 2.75) is 29.4 Å². The summed E-state index contributed by atoms with van der Waals surface area (Å²) in [5, 5.41) is 22.1. The molecule has 8 atom stereocenters. The van der Waals surface area contributed by atoms with E-state index in [4.69, 9.17) is 19.4 Å². The highest BCUT2D eigenvalue weighted by molar-refractivity contribution is 9.10. The van der Waals surface area contributed by atoms with Crippen LogP contribution in [-0.2, 0) is 45.2 Å². The first-order valence-corrected chi connectivity index (χ1v) is 15.2. The van der Waals surface area contributed by atoms with Gasteiger partial charge in [0.1, 0.15) is 23.1 Å². The molecular weight excluding hydrogens is 628 g/mol. The number of urea groups is 1. The Balaban J connectivity index is 1.99. The van der Waals surface area contributed by atoms with Crippen molar-refractivity contribution in [2.75, 3.05) is 13.2 Å². The highest BCUT2D eigenvalue weighted by Crippen LogP contribution is 2.70. The Bertz CT molecular complexity index is 1000. The third-order valence-corrected chi connectivity index (χ3v) is 9.96. The summed E-state index contributed by atoms with van der Waals surface area (Å²) < 4.78 is 65.2. The zero-order chi connectivity index (χ0) is 26.3. The molecule has 25 heteroatoms. The van der Waals surface area contributed by atoms with Crippen molar-refractivity contribution in [3.8, 4) is 0 Å². The lowest BCUT2D eigenvalue weighted by Gasteiger charge is -2.34. The molecule has 4 unspecified atom stereocenters. The first-order valence-electron chi connectivity index (χ1n) is 8.31. The number of rotatable bonds is 10. The maximum atomic E-state index is 12.0. The molecule has 2 aliphatic rings. The molecule has 0 aromatic carbocycles. The Morgan fingerprint density at radius 3 is 2.03 bits per heavy atom. The molecule has 0 aliphatic carbocycles. The van der Waals surface area contributed by atoms with Gasteiger partial charge in [-0.25, -0.2) is 23.1 Å². The van der Waals surface area contributed by atoms with E-state index in [0.717, 1.165) is 4.90 Å². The van der Waals surface area contributed by atoms with E-state index in [1.165, 1.54) is 0 Å². The predicted octanol–water partition coefficient (Wildman–Crippen LogP) is -1.79. The molecule has 0 radical (unpaired) electrons. The molecule has 0 saturated carbocycles. The number of aliphatic hydroxyl groups excluding tert-OH is 2. The van der Waals surface area contributed by atoms with Gasteiger partial charge < -0.3 is 39.4 Å². The van der Waals surface area contributed by atoms with Crippen molar-refractivity contribution in [1.82, 2.24) is 10.2 Å². The average Bonchev–Trinajstić information content (AvgIpc) is 2.87. The van der Waals surface area contributed by atoms with Gasteiger partial charge in [-0.05, 0) is 0 Å². The van der Waals surface area contributed by atoms with Gasteiger partial charge in [0.2, 0.25) is 5.91 Å². The van der Waals surface area contributed by atoms with Gasteiger partial charge in [0, 0.05) is 6.54 Å². The van der Waals surface area contributed by atoms with Crippen LogP contribution in [0.4, 0.5) is 4.79 Å². The molecule has 2 saturated heterocycles. The second kappa shape index (κ2) is 10.7. The van der Waals surface area contributed by atoms with Crippen LogP contribution in [-0.4, -0.2) is 94.0 Å². The summed E-state index contributed by atoms with van der Waals surface area (Å²) in [5.74, 6) is -0.679. The predicted molar refractivity (Wildman–Crippen MR) is 104 cm³/mol. The van der Waals surface area contributed by atoms with E-state index in [1.807, 2.05) is 5.32 Å². The molecule has 0 spiro atoms. The first-order chi connectivity index (χ1) is 15.2. The van der Waals surface area contributed by atoms with E-state index in [-0.39, 0.29) is 6.54 Å². The number of nitrogens with zero attached hydrogens (tertiary/aromatic N) is 1. The number of hydrogen-bond acceptors (Lipinski definition) is 13. The van der Waals surface area contributed by atoms with Gasteiger partial charge in [0.25, 0.3) is 0 Å². The SMILES string of the molecule is O=C1NC(=O)N([C@@H]2O[C@H](COP(=O)(O)OP(=O)(O)OP(=O)(O)OP(=O)(O)O)[C@@H](O)[C@H]2O)CC1Br. The molecule has 8 N–H and O–H groups in total. The molecule has 2 fully saturated rings. The zero-order valence-electron chi connectivity index (χ0n) is 16.0. The highest BCUT2D eigenvalue weighted by atomic mass is 79.9. The van der Waals surface area contributed by atoms with Crippen LogP contribution in [0, 0.1) is 0 Å². The van der Waals surface area contributed by atoms with Crippen molar-refractivity contribution < 1.29 is 84.7 Å². The van der Waals surface area contributed by atoms with Crippen LogP contribution in [0.1, 0.15) is 0 Å². The van der Waals surface area contributed by atoms with E-state index in [9.17, 15) is 47.8 Å². The summed E-state index contributed by atoms with van der Waals surface area (Å²) in [6.45, 7) is -1.43. The van der Waals surface area contributed by atoms with Gasteiger partial charge in [-0.3, -0.25) is 19.5 Å². The molecule has 3 amide bonds. The number of ether oxygens (including phenoxy) is 1. The van der Waals surface area contributed by atoms with Crippen LogP contribution < -0.4 is 5.32 Å². The van der Waals surface area contributed by atoms with Crippen LogP contribution in [0.3, 0.4) is 0 Å². The number of aliphatic hydroxyl groups is 2. The summed E-state index contributed by atoms with van der Waals surface area (Å²) >= 11 is 2.97. The van der Waals surface area contributed by atoms with Crippen molar-refractivity contribution in [2.24, 2.45) is 0 Å². The van der Waals surface area contributed by atoms with Gasteiger partial charge >= 0.3 is 37.3 Å². The number of amides is 3. The molecule has 0 bridgehead atoms. The van der Waals surface area contributed by atoms with Crippen molar-refractivity contribution >= 4 is 59.2 Å². The summed E-state index contributed by atoms with van der Waals surface area (Å²) in [6, 6.07) is -0.987. The average molecular weight is 645 g/mol. The van der Waals surface area contributed by atoms with E-state index < -0.39 is 79.2 Å². The Kier molecular flexibility index (Phi) is 9.46. The first kappa shape index (κ1) is 30.1. The third-order valence-electron chi connectivity index (χ3n) is 3.80. The summed E-state index contributed by atoms with van der Waals surface area (Å²) in [5.41, 5.74) is 0. The minimum absolute atomic E-state index is 0.294. The number of carbonyl (C=O) groups excluding carboxylic acids is 2. The molecule has 0 aromatic rings. The van der Waals surface area contributed by atoms with E-state index in [1.54, 1.807) is 0 Å². The zero-order valence-corrected chi connectivity index (χ0v) is 21.2. The van der Waals surface area contributed by atoms with Gasteiger partial charge in [0.05, 0.1) is 6.61 Å². The van der Waals surface area contributed by atoms with Gasteiger partial charge in [0.15, 0.2) is 6.23 Å². The van der Waals surface area contributed by atoms with Crippen LogP contribution in [0.15, 0.2) is 0 Å². The van der Waals surface area contributed by atoms with Crippen LogP contribution in [0.2, 0.25) is 0 Å². The number of hydrogen-bond donors (Lipinski definition) is 8. The molecule has 34 heavy (non-hydrogen) atoms. The van der Waals surface area contributed by atoms with E-state index in [2.05, 4.69) is 33.4 Å². The van der Waals surface area contributed by atoms with Crippen LogP contribution in [0.5, 0.6) is 0 Å². The Labute approximate surface area is 196 Å². The third kappa shape index (κ3) is 8.47. The number of halogens is 1. The lowest BCUT2D eigenvalue weighted by molar-refractivity contribution is -0.124. The molecule has 2 heterocycles. The largest absolute Gasteiger partial charge is 0.490 e. The highest BCUT2D eigenvalue weighted by Gasteiger charge is 2.50. The Morgan fingerprint density at radius 1 is 0.941 bits per heavy atom. The molecule has 0 aromatic heterocycles. The van der Waals surface area contributed by atoms with Crippen molar-refractivity contribution in [3.63, 3.8) is 0 Å². The second-order valence-corrected chi connectivity index (χ2v) is 13.5. The summed E-state index contributed by atoms with van der Waals surface area (Å²) in [7, 11) is -23.4. The van der Waals surface area contributed by atoms with Crippen LogP contribution >= 0.6 is 47.2 Å². The maximum Gasteiger partial charge on any atom is 0.490 e. The Hall–Kier alpha value is -0.140. The molecule has 2 aliphatic heterocycles. The number of nitrogens with one attached hydrogen (secondary N) is 1.